The highest BCUT2D eigenvalue weighted by atomic mass is 16.6. The van der Waals surface area contributed by atoms with Crippen molar-refractivity contribution in [2.45, 2.75) is 13.3 Å². The van der Waals surface area contributed by atoms with Gasteiger partial charge in [0.1, 0.15) is 6.61 Å². The van der Waals surface area contributed by atoms with Crippen molar-refractivity contribution in [3.8, 4) is 0 Å². The lowest BCUT2D eigenvalue weighted by Crippen LogP contribution is -2.14. The molecule has 0 atom stereocenters. The maximum atomic E-state index is 11.0. The molecule has 0 aliphatic rings. The Kier molecular flexibility index (Phi) is 5.48. The highest BCUT2D eigenvalue weighted by molar-refractivity contribution is 5.70. The first-order valence-corrected chi connectivity index (χ1v) is 5.10. The van der Waals surface area contributed by atoms with E-state index in [1.165, 1.54) is 5.56 Å². The zero-order valence-electron chi connectivity index (χ0n) is 8.94. The lowest BCUT2D eigenvalue weighted by atomic mass is 10.2. The lowest BCUT2D eigenvalue weighted by molar-refractivity contribution is -0.148. The molecule has 1 aromatic rings. The maximum absolute atomic E-state index is 11.0. The van der Waals surface area contributed by atoms with Gasteiger partial charge < -0.3 is 9.47 Å². The second-order valence-electron chi connectivity index (χ2n) is 3.09. The summed E-state index contributed by atoms with van der Waals surface area (Å²) in [6, 6.07) is 9.92. The fourth-order valence-corrected chi connectivity index (χ4v) is 1.15. The predicted molar refractivity (Wildman–Crippen MR) is 57.6 cm³/mol. The van der Waals surface area contributed by atoms with Crippen LogP contribution in [-0.2, 0) is 20.7 Å². The van der Waals surface area contributed by atoms with Gasteiger partial charge in [0.05, 0.1) is 6.61 Å². The monoisotopic (exact) mass is 208 g/mol. The summed E-state index contributed by atoms with van der Waals surface area (Å²) in [4.78, 5) is 11.0. The Labute approximate surface area is 90.0 Å². The van der Waals surface area contributed by atoms with Gasteiger partial charge in [0.2, 0.25) is 0 Å². The van der Waals surface area contributed by atoms with E-state index in [2.05, 4.69) is 0 Å². The second-order valence-corrected chi connectivity index (χ2v) is 3.09. The predicted octanol–water partition coefficient (Wildman–Crippen LogP) is 1.81. The summed E-state index contributed by atoms with van der Waals surface area (Å²) >= 11 is 0. The lowest BCUT2D eigenvalue weighted by Gasteiger charge is -2.04. The van der Waals surface area contributed by atoms with Crippen molar-refractivity contribution in [2.75, 3.05) is 19.8 Å². The molecule has 0 aromatic heterocycles. The smallest absolute Gasteiger partial charge is 0.332 e. The molecule has 0 saturated carbocycles. The minimum Gasteiger partial charge on any atom is -0.464 e. The number of carbonyl (C=O) groups is 1. The molecule has 15 heavy (non-hydrogen) atoms. The van der Waals surface area contributed by atoms with Crippen LogP contribution in [0.15, 0.2) is 30.3 Å². The van der Waals surface area contributed by atoms with Crippen LogP contribution in [0.25, 0.3) is 0 Å². The number of esters is 1. The molecule has 0 fully saturated rings. The number of benzene rings is 1. The van der Waals surface area contributed by atoms with Crippen LogP contribution in [0.2, 0.25) is 0 Å². The van der Waals surface area contributed by atoms with Crippen molar-refractivity contribution in [3.05, 3.63) is 35.9 Å². The fraction of sp³-hybridized carbons (Fsp3) is 0.417. The van der Waals surface area contributed by atoms with Gasteiger partial charge in [0, 0.05) is 13.0 Å². The first-order chi connectivity index (χ1) is 7.33. The molecule has 3 nitrogen and oxygen atoms in total. The number of hydrogen-bond acceptors (Lipinski definition) is 3. The van der Waals surface area contributed by atoms with E-state index in [0.717, 1.165) is 6.42 Å². The van der Waals surface area contributed by atoms with Gasteiger partial charge >= 0.3 is 5.97 Å². The van der Waals surface area contributed by atoms with Crippen LogP contribution in [0, 0.1) is 0 Å². The van der Waals surface area contributed by atoms with Gasteiger partial charge in [0.15, 0.2) is 0 Å². The molecule has 0 unspecified atom stereocenters. The normalized spacial score (nSPS) is 9.93. The minimum absolute atomic E-state index is 0.0469. The standard InChI is InChI=1S/C12H16O3/c1-2-14-10-12(13)15-9-8-11-6-4-3-5-7-11/h3-7H,2,8-10H2,1H3. The summed E-state index contributed by atoms with van der Waals surface area (Å²) < 4.78 is 9.91. The second kappa shape index (κ2) is 7.01. The topological polar surface area (TPSA) is 35.5 Å². The molecule has 0 radical (unpaired) electrons. The van der Waals surface area contributed by atoms with Crippen LogP contribution < -0.4 is 0 Å². The van der Waals surface area contributed by atoms with E-state index in [9.17, 15) is 4.79 Å². The number of rotatable bonds is 6. The summed E-state index contributed by atoms with van der Waals surface area (Å²) in [7, 11) is 0. The van der Waals surface area contributed by atoms with Crippen molar-refractivity contribution in [1.29, 1.82) is 0 Å². The summed E-state index contributed by atoms with van der Waals surface area (Å²) in [5.74, 6) is -0.298. The molecular weight excluding hydrogens is 192 g/mol. The zero-order valence-corrected chi connectivity index (χ0v) is 8.94. The van der Waals surface area contributed by atoms with Crippen molar-refractivity contribution in [2.24, 2.45) is 0 Å². The summed E-state index contributed by atoms with van der Waals surface area (Å²) in [6.45, 7) is 2.84. The molecule has 0 spiro atoms. The van der Waals surface area contributed by atoms with Gasteiger partial charge in [-0.25, -0.2) is 4.79 Å². The number of carbonyl (C=O) groups excluding carboxylic acids is 1. The quantitative estimate of drug-likeness (QED) is 0.669. The highest BCUT2D eigenvalue weighted by Crippen LogP contribution is 1.99. The van der Waals surface area contributed by atoms with Gasteiger partial charge in [-0.3, -0.25) is 0 Å². The Hall–Kier alpha value is -1.35. The van der Waals surface area contributed by atoms with E-state index in [0.29, 0.717) is 13.2 Å². The Balaban J connectivity index is 2.14. The van der Waals surface area contributed by atoms with Crippen LogP contribution in [0.5, 0.6) is 0 Å². The summed E-state index contributed by atoms with van der Waals surface area (Å²) in [5, 5.41) is 0. The molecule has 82 valence electrons. The molecular formula is C12H16O3. The Morgan fingerprint density at radius 2 is 2.00 bits per heavy atom. The average molecular weight is 208 g/mol. The third-order valence-electron chi connectivity index (χ3n) is 1.92. The molecule has 0 amide bonds. The van der Waals surface area contributed by atoms with E-state index in [1.54, 1.807) is 0 Å². The molecule has 0 saturated heterocycles. The molecule has 0 N–H and O–H groups in total. The Morgan fingerprint density at radius 1 is 1.27 bits per heavy atom. The first-order valence-electron chi connectivity index (χ1n) is 5.10. The van der Waals surface area contributed by atoms with Gasteiger partial charge in [0.25, 0.3) is 0 Å². The fourth-order valence-electron chi connectivity index (χ4n) is 1.15. The summed E-state index contributed by atoms with van der Waals surface area (Å²) in [5.41, 5.74) is 1.17. The Bertz CT molecular complexity index is 282. The van der Waals surface area contributed by atoms with Crippen LogP contribution in [0.1, 0.15) is 12.5 Å². The van der Waals surface area contributed by atoms with E-state index in [-0.39, 0.29) is 12.6 Å². The van der Waals surface area contributed by atoms with Crippen LogP contribution in [0.4, 0.5) is 0 Å². The third-order valence-corrected chi connectivity index (χ3v) is 1.92. The van der Waals surface area contributed by atoms with Gasteiger partial charge in [-0.1, -0.05) is 30.3 Å². The van der Waals surface area contributed by atoms with Crippen molar-refractivity contribution in [3.63, 3.8) is 0 Å². The zero-order chi connectivity index (χ0) is 10.9. The van der Waals surface area contributed by atoms with Gasteiger partial charge in [-0.2, -0.15) is 0 Å². The van der Waals surface area contributed by atoms with Crippen LogP contribution in [-0.4, -0.2) is 25.8 Å². The van der Waals surface area contributed by atoms with Crippen LogP contribution >= 0.6 is 0 Å². The van der Waals surface area contributed by atoms with E-state index in [4.69, 9.17) is 9.47 Å². The van der Waals surface area contributed by atoms with E-state index in [1.807, 2.05) is 37.3 Å². The molecule has 3 heteroatoms. The molecule has 1 aromatic carbocycles. The molecule has 1 rings (SSSR count). The average Bonchev–Trinajstić information content (AvgIpc) is 2.28. The number of hydrogen-bond donors (Lipinski definition) is 0. The minimum atomic E-state index is -0.298. The SMILES string of the molecule is CCOCC(=O)OCCc1ccccc1. The summed E-state index contributed by atoms with van der Waals surface area (Å²) in [6.07, 6.45) is 0.749. The maximum Gasteiger partial charge on any atom is 0.332 e. The molecule has 0 bridgehead atoms. The number of ether oxygens (including phenoxy) is 2. The van der Waals surface area contributed by atoms with E-state index >= 15 is 0 Å². The largest absolute Gasteiger partial charge is 0.464 e. The van der Waals surface area contributed by atoms with Crippen LogP contribution in [0.3, 0.4) is 0 Å². The van der Waals surface area contributed by atoms with E-state index < -0.39 is 0 Å². The first kappa shape index (κ1) is 11.7. The van der Waals surface area contributed by atoms with Crippen molar-refractivity contribution >= 4 is 5.97 Å². The Morgan fingerprint density at radius 3 is 2.67 bits per heavy atom. The highest BCUT2D eigenvalue weighted by Gasteiger charge is 2.01. The third kappa shape index (κ3) is 5.18. The van der Waals surface area contributed by atoms with Gasteiger partial charge in [-0.15, -0.1) is 0 Å². The van der Waals surface area contributed by atoms with Crippen molar-refractivity contribution < 1.29 is 14.3 Å². The molecule has 0 heterocycles. The molecule has 0 aliphatic carbocycles. The van der Waals surface area contributed by atoms with Gasteiger partial charge in [-0.05, 0) is 12.5 Å². The van der Waals surface area contributed by atoms with Crippen molar-refractivity contribution in [1.82, 2.24) is 0 Å². The molecule has 0 aliphatic heterocycles.